The van der Waals surface area contributed by atoms with Gasteiger partial charge in [-0.05, 0) is 24.7 Å². The Hall–Kier alpha value is -2.19. The van der Waals surface area contributed by atoms with Crippen LogP contribution in [0.4, 0.5) is 0 Å². The molecule has 0 saturated carbocycles. The SMILES string of the molecule is Cc1nc2ccc(CN(C)CC(=O)CC#N)cc2o1. The predicted octanol–water partition coefficient (Wildman–Crippen LogP) is 2.05. The number of hydrogen-bond acceptors (Lipinski definition) is 5. The summed E-state index contributed by atoms with van der Waals surface area (Å²) in [5.74, 6) is 0.575. The zero-order valence-corrected chi connectivity index (χ0v) is 11.0. The van der Waals surface area contributed by atoms with Crippen LogP contribution in [0.25, 0.3) is 11.1 Å². The lowest BCUT2D eigenvalue weighted by atomic mass is 10.2. The standard InChI is InChI=1S/C14H15N3O2/c1-10-16-13-4-3-11(7-14(13)19-10)8-17(2)9-12(18)5-6-15/h3-4,7H,5,8-9H2,1-2H3. The number of benzene rings is 1. The van der Waals surface area contributed by atoms with Crippen molar-refractivity contribution in [3.63, 3.8) is 0 Å². The third-order valence-electron chi connectivity index (χ3n) is 2.73. The van der Waals surface area contributed by atoms with Gasteiger partial charge >= 0.3 is 0 Å². The van der Waals surface area contributed by atoms with Crippen molar-refractivity contribution in [1.29, 1.82) is 5.26 Å². The number of nitrogens with zero attached hydrogens (tertiary/aromatic N) is 3. The van der Waals surface area contributed by atoms with Crippen molar-refractivity contribution in [3.8, 4) is 6.07 Å². The molecule has 1 heterocycles. The van der Waals surface area contributed by atoms with Gasteiger partial charge in [-0.3, -0.25) is 9.69 Å². The second kappa shape index (κ2) is 5.63. The Balaban J connectivity index is 2.04. The highest BCUT2D eigenvalue weighted by atomic mass is 16.3. The molecule has 0 N–H and O–H groups in total. The van der Waals surface area contributed by atoms with Crippen molar-refractivity contribution in [2.75, 3.05) is 13.6 Å². The van der Waals surface area contributed by atoms with Crippen LogP contribution in [0, 0.1) is 18.3 Å². The summed E-state index contributed by atoms with van der Waals surface area (Å²) in [6.45, 7) is 2.72. The van der Waals surface area contributed by atoms with E-state index in [0.29, 0.717) is 12.4 Å². The normalized spacial score (nSPS) is 10.8. The quantitative estimate of drug-likeness (QED) is 0.819. The number of aryl methyl sites for hydroxylation is 1. The summed E-state index contributed by atoms with van der Waals surface area (Å²) >= 11 is 0. The molecule has 0 aliphatic rings. The van der Waals surface area contributed by atoms with Crippen molar-refractivity contribution in [1.82, 2.24) is 9.88 Å². The molecule has 0 saturated heterocycles. The molecule has 98 valence electrons. The molecule has 2 aromatic rings. The number of fused-ring (bicyclic) bond motifs is 1. The number of carbonyl (C=O) groups excluding carboxylic acids is 1. The Morgan fingerprint density at radius 1 is 1.53 bits per heavy atom. The summed E-state index contributed by atoms with van der Waals surface area (Å²) in [5.41, 5.74) is 2.65. The number of Topliss-reactive ketones (excluding diaryl/α,β-unsaturated/α-hetero) is 1. The molecule has 19 heavy (non-hydrogen) atoms. The van der Waals surface area contributed by atoms with Gasteiger partial charge in [-0.2, -0.15) is 5.26 Å². The smallest absolute Gasteiger partial charge is 0.192 e. The van der Waals surface area contributed by atoms with Crippen LogP contribution in [0.15, 0.2) is 22.6 Å². The molecule has 0 radical (unpaired) electrons. The van der Waals surface area contributed by atoms with Gasteiger partial charge in [-0.15, -0.1) is 0 Å². The first-order valence-electron chi connectivity index (χ1n) is 6.02. The van der Waals surface area contributed by atoms with E-state index in [1.165, 1.54) is 0 Å². The van der Waals surface area contributed by atoms with Crippen molar-refractivity contribution in [2.24, 2.45) is 0 Å². The monoisotopic (exact) mass is 257 g/mol. The number of nitriles is 1. The number of oxazole rings is 1. The first kappa shape index (κ1) is 13.2. The van der Waals surface area contributed by atoms with Crippen LogP contribution in [0.2, 0.25) is 0 Å². The molecule has 5 heteroatoms. The van der Waals surface area contributed by atoms with Crippen molar-refractivity contribution in [3.05, 3.63) is 29.7 Å². The first-order valence-corrected chi connectivity index (χ1v) is 6.02. The maximum Gasteiger partial charge on any atom is 0.192 e. The average molecular weight is 257 g/mol. The van der Waals surface area contributed by atoms with Gasteiger partial charge < -0.3 is 4.42 Å². The van der Waals surface area contributed by atoms with E-state index >= 15 is 0 Å². The minimum Gasteiger partial charge on any atom is -0.441 e. The molecule has 2 rings (SSSR count). The van der Waals surface area contributed by atoms with Gasteiger partial charge in [-0.25, -0.2) is 4.98 Å². The second-order valence-electron chi connectivity index (χ2n) is 4.58. The Labute approximate surface area is 111 Å². The van der Waals surface area contributed by atoms with Crippen LogP contribution in [0.1, 0.15) is 17.9 Å². The van der Waals surface area contributed by atoms with Crippen LogP contribution in [-0.4, -0.2) is 29.3 Å². The molecule has 0 amide bonds. The molecule has 0 unspecified atom stereocenters. The van der Waals surface area contributed by atoms with Gasteiger partial charge in [-0.1, -0.05) is 6.07 Å². The van der Waals surface area contributed by atoms with Crippen LogP contribution >= 0.6 is 0 Å². The summed E-state index contributed by atoms with van der Waals surface area (Å²) in [6, 6.07) is 7.67. The number of hydrogen-bond donors (Lipinski definition) is 0. The van der Waals surface area contributed by atoms with E-state index in [9.17, 15) is 4.79 Å². The van der Waals surface area contributed by atoms with Gasteiger partial charge in [0.2, 0.25) is 0 Å². The fourth-order valence-electron chi connectivity index (χ4n) is 2.00. The maximum atomic E-state index is 11.4. The number of likely N-dealkylation sites (N-methyl/N-ethyl adjacent to an activating group) is 1. The highest BCUT2D eigenvalue weighted by molar-refractivity contribution is 5.82. The fourth-order valence-corrected chi connectivity index (χ4v) is 2.00. The van der Waals surface area contributed by atoms with Crippen molar-refractivity contribution < 1.29 is 9.21 Å². The van der Waals surface area contributed by atoms with E-state index in [1.54, 1.807) is 0 Å². The number of aromatic nitrogens is 1. The third-order valence-corrected chi connectivity index (χ3v) is 2.73. The lowest BCUT2D eigenvalue weighted by Gasteiger charge is -2.14. The predicted molar refractivity (Wildman–Crippen MR) is 70.3 cm³/mol. The van der Waals surface area contributed by atoms with Gasteiger partial charge in [0.05, 0.1) is 19.0 Å². The topological polar surface area (TPSA) is 70.1 Å². The van der Waals surface area contributed by atoms with E-state index in [2.05, 4.69) is 4.98 Å². The lowest BCUT2D eigenvalue weighted by Crippen LogP contribution is -2.25. The molecule has 0 spiro atoms. The van der Waals surface area contributed by atoms with E-state index in [4.69, 9.17) is 9.68 Å². The molecule has 0 fully saturated rings. The molecular formula is C14H15N3O2. The molecule has 5 nitrogen and oxygen atoms in total. The summed E-state index contributed by atoms with van der Waals surface area (Å²) in [7, 11) is 1.85. The number of ketones is 1. The molecule has 0 aliphatic carbocycles. The zero-order valence-electron chi connectivity index (χ0n) is 11.0. The summed E-state index contributed by atoms with van der Waals surface area (Å²) < 4.78 is 5.47. The summed E-state index contributed by atoms with van der Waals surface area (Å²) in [4.78, 5) is 17.5. The lowest BCUT2D eigenvalue weighted by molar-refractivity contribution is -0.119. The highest BCUT2D eigenvalue weighted by Crippen LogP contribution is 2.17. The van der Waals surface area contributed by atoms with Crippen LogP contribution in [0.5, 0.6) is 0 Å². The van der Waals surface area contributed by atoms with E-state index in [-0.39, 0.29) is 18.7 Å². The molecule has 1 aromatic heterocycles. The maximum absolute atomic E-state index is 11.4. The number of rotatable bonds is 5. The fraction of sp³-hybridized carbons (Fsp3) is 0.357. The van der Waals surface area contributed by atoms with E-state index in [0.717, 1.165) is 16.7 Å². The van der Waals surface area contributed by atoms with E-state index < -0.39 is 0 Å². The molecule has 0 aliphatic heterocycles. The van der Waals surface area contributed by atoms with Gasteiger partial charge in [0.1, 0.15) is 5.52 Å². The second-order valence-corrected chi connectivity index (χ2v) is 4.58. The minimum absolute atomic E-state index is 0.0370. The third kappa shape index (κ3) is 3.39. The summed E-state index contributed by atoms with van der Waals surface area (Å²) in [5, 5.41) is 8.45. The number of carbonyl (C=O) groups is 1. The van der Waals surface area contributed by atoms with Crippen LogP contribution in [-0.2, 0) is 11.3 Å². The van der Waals surface area contributed by atoms with Gasteiger partial charge in [0, 0.05) is 13.5 Å². The zero-order chi connectivity index (χ0) is 13.8. The average Bonchev–Trinajstić information content (AvgIpc) is 2.68. The minimum atomic E-state index is -0.0680. The summed E-state index contributed by atoms with van der Waals surface area (Å²) in [6.07, 6.45) is -0.0370. The molecule has 0 bridgehead atoms. The van der Waals surface area contributed by atoms with Crippen LogP contribution in [0.3, 0.4) is 0 Å². The Morgan fingerprint density at radius 3 is 3.05 bits per heavy atom. The van der Waals surface area contributed by atoms with Gasteiger partial charge in [0.15, 0.2) is 17.3 Å². The molecule has 0 atom stereocenters. The molecular weight excluding hydrogens is 242 g/mol. The largest absolute Gasteiger partial charge is 0.441 e. The van der Waals surface area contributed by atoms with Crippen LogP contribution < -0.4 is 0 Å². The van der Waals surface area contributed by atoms with Crippen molar-refractivity contribution in [2.45, 2.75) is 19.9 Å². The Kier molecular flexibility index (Phi) is 3.93. The highest BCUT2D eigenvalue weighted by Gasteiger charge is 2.08. The van der Waals surface area contributed by atoms with E-state index in [1.807, 2.05) is 43.1 Å². The Bertz CT molecular complexity index is 640. The van der Waals surface area contributed by atoms with Crippen molar-refractivity contribution >= 4 is 16.9 Å². The first-order chi connectivity index (χ1) is 9.08. The molecule has 1 aromatic carbocycles. The Morgan fingerprint density at radius 2 is 2.32 bits per heavy atom. The van der Waals surface area contributed by atoms with Gasteiger partial charge in [0.25, 0.3) is 0 Å².